The molecule has 9 aromatic carbocycles. The first-order valence-corrected chi connectivity index (χ1v) is 19.2. The van der Waals surface area contributed by atoms with E-state index in [4.69, 9.17) is 4.42 Å². The lowest BCUT2D eigenvalue weighted by molar-refractivity contribution is 0.668. The summed E-state index contributed by atoms with van der Waals surface area (Å²) < 4.78 is 6.61. The molecule has 0 aliphatic carbocycles. The Morgan fingerprint density at radius 2 is 0.893 bits per heavy atom. The maximum absolute atomic E-state index is 6.61. The summed E-state index contributed by atoms with van der Waals surface area (Å²) in [7, 11) is 0. The Kier molecular flexibility index (Phi) is 8.30. The molecule has 0 aliphatic rings. The largest absolute Gasteiger partial charge is 0.456 e. The van der Waals surface area contributed by atoms with Crippen LogP contribution >= 0.6 is 0 Å². The predicted octanol–water partition coefficient (Wildman–Crippen LogP) is 15.5. The van der Waals surface area contributed by atoms with E-state index in [1.54, 1.807) is 0 Å². The molecular formula is C54H39NO. The Hall–Kier alpha value is -7.16. The number of anilines is 3. The number of hydrogen-bond donors (Lipinski definition) is 0. The Labute approximate surface area is 327 Å². The van der Waals surface area contributed by atoms with Crippen molar-refractivity contribution in [1.82, 2.24) is 0 Å². The lowest BCUT2D eigenvalue weighted by Crippen LogP contribution is -2.11. The first kappa shape index (κ1) is 33.4. The Balaban J connectivity index is 1.16. The average molecular weight is 718 g/mol. The predicted molar refractivity (Wildman–Crippen MR) is 237 cm³/mol. The van der Waals surface area contributed by atoms with E-state index in [9.17, 15) is 0 Å². The van der Waals surface area contributed by atoms with Crippen LogP contribution in [0.2, 0.25) is 0 Å². The molecule has 10 aromatic rings. The zero-order valence-corrected chi connectivity index (χ0v) is 31.4. The van der Waals surface area contributed by atoms with Crippen molar-refractivity contribution in [2.24, 2.45) is 0 Å². The normalized spacial score (nSPS) is 11.4. The fourth-order valence-electron chi connectivity index (χ4n) is 8.30. The van der Waals surface area contributed by atoms with E-state index in [1.165, 1.54) is 55.1 Å². The summed E-state index contributed by atoms with van der Waals surface area (Å²) in [6.45, 7) is 4.30. The van der Waals surface area contributed by atoms with Gasteiger partial charge in [-0.1, -0.05) is 133 Å². The summed E-state index contributed by atoms with van der Waals surface area (Å²) in [6, 6.07) is 72.3. The molecule has 266 valence electrons. The van der Waals surface area contributed by atoms with Gasteiger partial charge in [0, 0.05) is 33.8 Å². The molecule has 0 bridgehead atoms. The van der Waals surface area contributed by atoms with Crippen molar-refractivity contribution in [3.8, 4) is 44.5 Å². The van der Waals surface area contributed by atoms with Crippen molar-refractivity contribution in [3.63, 3.8) is 0 Å². The molecule has 0 radical (unpaired) electrons. The van der Waals surface area contributed by atoms with Gasteiger partial charge in [-0.15, -0.1) is 0 Å². The second-order valence-electron chi connectivity index (χ2n) is 14.7. The van der Waals surface area contributed by atoms with Gasteiger partial charge in [0.15, 0.2) is 0 Å². The fourth-order valence-corrected chi connectivity index (χ4v) is 8.30. The third-order valence-electron chi connectivity index (χ3n) is 11.0. The summed E-state index contributed by atoms with van der Waals surface area (Å²) in [5, 5.41) is 4.70. The lowest BCUT2D eigenvalue weighted by atomic mass is 9.93. The van der Waals surface area contributed by atoms with Crippen molar-refractivity contribution in [1.29, 1.82) is 0 Å². The van der Waals surface area contributed by atoms with Crippen LogP contribution in [0.25, 0.3) is 77.2 Å². The van der Waals surface area contributed by atoms with Crippen LogP contribution < -0.4 is 4.90 Å². The van der Waals surface area contributed by atoms with Crippen molar-refractivity contribution in [2.75, 3.05) is 4.90 Å². The maximum atomic E-state index is 6.61. The van der Waals surface area contributed by atoms with E-state index in [0.29, 0.717) is 0 Å². The minimum absolute atomic E-state index is 0.876. The number of nitrogens with zero attached hydrogens (tertiary/aromatic N) is 1. The van der Waals surface area contributed by atoms with Crippen LogP contribution in [0.1, 0.15) is 11.1 Å². The summed E-state index contributed by atoms with van der Waals surface area (Å²) in [4.78, 5) is 2.39. The first-order valence-electron chi connectivity index (χ1n) is 19.2. The van der Waals surface area contributed by atoms with E-state index in [2.05, 4.69) is 219 Å². The van der Waals surface area contributed by atoms with Gasteiger partial charge in [0.05, 0.1) is 5.69 Å². The van der Waals surface area contributed by atoms with Crippen LogP contribution in [-0.4, -0.2) is 0 Å². The van der Waals surface area contributed by atoms with Crippen molar-refractivity contribution < 1.29 is 4.42 Å². The molecule has 56 heavy (non-hydrogen) atoms. The number of benzene rings is 9. The quantitative estimate of drug-likeness (QED) is 0.163. The van der Waals surface area contributed by atoms with Gasteiger partial charge in [0.25, 0.3) is 0 Å². The highest BCUT2D eigenvalue weighted by atomic mass is 16.3. The molecule has 0 aliphatic heterocycles. The molecule has 2 heteroatoms. The van der Waals surface area contributed by atoms with Gasteiger partial charge in [-0.25, -0.2) is 0 Å². The van der Waals surface area contributed by atoms with Gasteiger partial charge in [-0.2, -0.15) is 0 Å². The molecule has 0 fully saturated rings. The highest BCUT2D eigenvalue weighted by Gasteiger charge is 2.21. The van der Waals surface area contributed by atoms with E-state index >= 15 is 0 Å². The number of hydrogen-bond acceptors (Lipinski definition) is 2. The Morgan fingerprint density at radius 3 is 1.50 bits per heavy atom. The maximum Gasteiger partial charge on any atom is 0.137 e. The average Bonchev–Trinajstić information content (AvgIpc) is 3.62. The van der Waals surface area contributed by atoms with Crippen LogP contribution in [0.4, 0.5) is 17.1 Å². The van der Waals surface area contributed by atoms with E-state index in [1.807, 2.05) is 0 Å². The highest BCUT2D eigenvalue weighted by molar-refractivity contribution is 6.08. The monoisotopic (exact) mass is 717 g/mol. The van der Waals surface area contributed by atoms with Gasteiger partial charge in [-0.3, -0.25) is 0 Å². The molecule has 0 unspecified atom stereocenters. The molecule has 0 amide bonds. The minimum Gasteiger partial charge on any atom is -0.456 e. The fraction of sp³-hybridized carbons (Fsp3) is 0.0370. The van der Waals surface area contributed by atoms with Crippen molar-refractivity contribution in [2.45, 2.75) is 13.8 Å². The smallest absolute Gasteiger partial charge is 0.137 e. The molecular weight excluding hydrogens is 679 g/mol. The summed E-state index contributed by atoms with van der Waals surface area (Å²) >= 11 is 0. The van der Waals surface area contributed by atoms with Gasteiger partial charge in [-0.05, 0) is 135 Å². The summed E-state index contributed by atoms with van der Waals surface area (Å²) in [5.74, 6) is 0. The summed E-state index contributed by atoms with van der Waals surface area (Å²) in [6.07, 6.45) is 0. The Bertz CT molecular complexity index is 2960. The molecule has 0 atom stereocenters. The number of aryl methyl sites for hydroxylation is 2. The van der Waals surface area contributed by atoms with Crippen LogP contribution in [0.3, 0.4) is 0 Å². The molecule has 0 N–H and O–H groups in total. The Morgan fingerprint density at radius 1 is 0.375 bits per heavy atom. The minimum atomic E-state index is 0.876. The molecule has 2 nitrogen and oxygen atoms in total. The molecule has 0 spiro atoms. The molecule has 10 rings (SSSR count). The van der Waals surface area contributed by atoms with Gasteiger partial charge in [0.2, 0.25) is 0 Å². The van der Waals surface area contributed by atoms with E-state index < -0.39 is 0 Å². The SMILES string of the molecule is Cc1cc(C)c2c(c1)oc1cc(N(c3ccc(-c4cc(-c5ccccc5)cc(-c5ccccc5)c4)cc3)c3cc4ccccc4cc3-c3ccccc3)ccc12. The molecule has 0 saturated heterocycles. The molecule has 1 aromatic heterocycles. The number of fused-ring (bicyclic) bond motifs is 4. The standard InChI is InChI=1S/C54H39NO/c1-36-28-37(2)54-49-27-26-48(35-52(49)56-53(54)29-36)55(51-34-43-21-13-12-20-42(43)33-50(51)41-18-10-5-11-19-41)47-24-22-40(23-25-47)46-31-44(38-14-6-3-7-15-38)30-45(32-46)39-16-8-4-9-17-39/h3-35H,1-2H3. The third-order valence-corrected chi connectivity index (χ3v) is 11.0. The first-order chi connectivity index (χ1) is 27.6. The van der Waals surface area contributed by atoms with Gasteiger partial charge >= 0.3 is 0 Å². The molecule has 1 heterocycles. The van der Waals surface area contributed by atoms with Crippen LogP contribution in [-0.2, 0) is 0 Å². The highest BCUT2D eigenvalue weighted by Crippen LogP contribution is 2.45. The van der Waals surface area contributed by atoms with Crippen LogP contribution in [0.15, 0.2) is 205 Å². The second-order valence-corrected chi connectivity index (χ2v) is 14.7. The lowest BCUT2D eigenvalue weighted by Gasteiger charge is -2.28. The zero-order valence-electron chi connectivity index (χ0n) is 31.4. The molecule has 0 saturated carbocycles. The van der Waals surface area contributed by atoms with Crippen LogP contribution in [0.5, 0.6) is 0 Å². The van der Waals surface area contributed by atoms with E-state index in [-0.39, 0.29) is 0 Å². The van der Waals surface area contributed by atoms with E-state index in [0.717, 1.165) is 50.3 Å². The zero-order chi connectivity index (χ0) is 37.6. The topological polar surface area (TPSA) is 16.4 Å². The number of rotatable bonds is 7. The van der Waals surface area contributed by atoms with Gasteiger partial charge < -0.3 is 9.32 Å². The van der Waals surface area contributed by atoms with Crippen LogP contribution in [0, 0.1) is 13.8 Å². The van der Waals surface area contributed by atoms with Crippen molar-refractivity contribution >= 4 is 49.8 Å². The second kappa shape index (κ2) is 13.9. The number of furan rings is 1. The van der Waals surface area contributed by atoms with Gasteiger partial charge in [0.1, 0.15) is 11.2 Å². The summed E-state index contributed by atoms with van der Waals surface area (Å²) in [5.41, 5.74) is 16.9. The third kappa shape index (κ3) is 6.12. The van der Waals surface area contributed by atoms with Crippen molar-refractivity contribution in [3.05, 3.63) is 211 Å².